The molecule has 8 atom stereocenters. The van der Waals surface area contributed by atoms with Crippen molar-refractivity contribution in [3.8, 4) is 5.75 Å². The molecule has 5 aliphatic carbocycles. The topological polar surface area (TPSA) is 96.4 Å². The first-order chi connectivity index (χ1) is 27.3. The summed E-state index contributed by atoms with van der Waals surface area (Å²) >= 11 is 0. The van der Waals surface area contributed by atoms with Gasteiger partial charge >= 0.3 is 18.3 Å². The van der Waals surface area contributed by atoms with E-state index < -0.39 is 23.7 Å². The molecule has 5 aliphatic rings. The second-order valence-corrected chi connectivity index (χ2v) is 21.6. The molecule has 6 rings (SSSR count). The lowest BCUT2D eigenvalue weighted by molar-refractivity contribution is -0.274. The summed E-state index contributed by atoms with van der Waals surface area (Å²) in [6, 6.07) is 6.29. The average molecular weight is 829 g/mol. The van der Waals surface area contributed by atoms with E-state index >= 15 is 0 Å². The summed E-state index contributed by atoms with van der Waals surface area (Å²) in [5, 5.41) is 9.63. The van der Waals surface area contributed by atoms with Crippen molar-refractivity contribution in [1.82, 2.24) is 9.80 Å². The zero-order valence-electron chi connectivity index (χ0n) is 37.4. The van der Waals surface area contributed by atoms with E-state index in [4.69, 9.17) is 4.74 Å². The lowest BCUT2D eigenvalue weighted by atomic mass is 9.36. The Morgan fingerprint density at radius 1 is 0.915 bits per heavy atom. The lowest BCUT2D eigenvalue weighted by Gasteiger charge is -2.69. The van der Waals surface area contributed by atoms with Crippen LogP contribution in [0.15, 0.2) is 35.4 Å². The van der Waals surface area contributed by atoms with Crippen LogP contribution in [0.3, 0.4) is 0 Å². The van der Waals surface area contributed by atoms with Crippen LogP contribution in [-0.4, -0.2) is 78.8 Å². The van der Waals surface area contributed by atoms with Crippen LogP contribution in [0.1, 0.15) is 132 Å². The predicted molar refractivity (Wildman–Crippen MR) is 222 cm³/mol. The molecule has 0 bridgehead atoms. The maximum absolute atomic E-state index is 14.2. The molecule has 0 spiro atoms. The normalized spacial score (nSPS) is 33.1. The number of aliphatic carboxylic acids is 1. The van der Waals surface area contributed by atoms with Gasteiger partial charge in [-0.25, -0.2) is 0 Å². The van der Waals surface area contributed by atoms with Crippen molar-refractivity contribution in [3.63, 3.8) is 0 Å². The number of likely N-dealkylation sites (N-methyl/N-ethyl adjacent to an activating group) is 1. The van der Waals surface area contributed by atoms with Crippen molar-refractivity contribution < 1.29 is 42.1 Å². The van der Waals surface area contributed by atoms with Crippen molar-refractivity contribution in [1.29, 1.82) is 0 Å². The molecule has 11 heteroatoms. The molecule has 330 valence electrons. The maximum Gasteiger partial charge on any atom is 0.573 e. The molecule has 1 N–H and O–H groups in total. The number of carboxylic acids is 1. The smallest absolute Gasteiger partial charge is 0.481 e. The number of benzene rings is 1. The molecule has 8 nitrogen and oxygen atoms in total. The van der Waals surface area contributed by atoms with Gasteiger partial charge in [-0.1, -0.05) is 59.2 Å². The lowest BCUT2D eigenvalue weighted by Crippen LogP contribution is -2.63. The molecule has 0 amide bonds. The third kappa shape index (κ3) is 8.90. The number of fused-ring (bicyclic) bond motifs is 7. The molecule has 0 aromatic heterocycles. The Kier molecular flexibility index (Phi) is 12.7. The number of allylic oxidation sites excluding steroid dienone is 2. The molecular weight excluding hydrogens is 758 g/mol. The monoisotopic (exact) mass is 829 g/mol. The van der Waals surface area contributed by atoms with Crippen molar-refractivity contribution >= 4 is 17.7 Å². The third-order valence-corrected chi connectivity index (χ3v) is 16.4. The van der Waals surface area contributed by atoms with E-state index in [0.29, 0.717) is 42.4 Å². The van der Waals surface area contributed by atoms with E-state index in [0.717, 1.165) is 88.6 Å². The fraction of sp³-hybridized carbons (Fsp3) is 0.771. The first-order valence-electron chi connectivity index (χ1n) is 22.3. The Morgan fingerprint density at radius 2 is 1.61 bits per heavy atom. The second-order valence-electron chi connectivity index (χ2n) is 21.6. The number of rotatable bonds is 14. The number of hydrogen-bond acceptors (Lipinski definition) is 7. The number of esters is 1. The Balaban J connectivity index is 1.23. The van der Waals surface area contributed by atoms with Gasteiger partial charge in [0.15, 0.2) is 5.78 Å². The summed E-state index contributed by atoms with van der Waals surface area (Å²) in [5.41, 5.74) is 1.79. The SMILES string of the molecule is CC(C)C1=C2C3CCC4C(C)(CCC5C(C)(C)C(OC(=O)CC(C)(C)C(=O)O)CCC54C)C3CCC2(CCN(CCN(C)C)Cc2cccc(OC(F)(F)F)c2)CC1=O. The zero-order chi connectivity index (χ0) is 43.5. The van der Waals surface area contributed by atoms with Gasteiger partial charge < -0.3 is 19.5 Å². The minimum absolute atomic E-state index is 0.0649. The maximum atomic E-state index is 14.2. The number of ketones is 1. The number of halogens is 3. The zero-order valence-corrected chi connectivity index (χ0v) is 37.4. The number of hydrogen-bond donors (Lipinski definition) is 1. The standard InChI is InChI=1S/C48H71F3N2O6/c1-30(2)40-35(54)27-47(22-23-53(25-24-52(9)10)29-31-12-11-13-32(26-31)59-48(49,50)51)21-16-34-33(41(40)47)14-15-37-45(34,7)19-17-36-44(5,6)38(18-20-46(36,37)8)58-39(55)28-43(3,4)42(56)57/h11-13,26,30,33-34,36-38H,14-25,27-29H2,1-10H3,(H,56,57). The van der Waals surface area contributed by atoms with E-state index in [-0.39, 0.29) is 45.9 Å². The van der Waals surface area contributed by atoms with E-state index in [1.807, 2.05) is 20.2 Å². The molecular formula is C48H71F3N2O6. The molecule has 0 radical (unpaired) electrons. The van der Waals surface area contributed by atoms with Crippen LogP contribution < -0.4 is 4.74 Å². The van der Waals surface area contributed by atoms with Gasteiger partial charge in [0.1, 0.15) is 11.9 Å². The van der Waals surface area contributed by atoms with Crippen LogP contribution in [0, 0.1) is 56.7 Å². The van der Waals surface area contributed by atoms with E-state index in [1.54, 1.807) is 19.9 Å². The second kappa shape index (κ2) is 16.4. The Bertz CT molecular complexity index is 1790. The first-order valence-corrected chi connectivity index (χ1v) is 22.3. The minimum atomic E-state index is -4.75. The van der Waals surface area contributed by atoms with Gasteiger partial charge in [0.05, 0.1) is 11.8 Å². The summed E-state index contributed by atoms with van der Waals surface area (Å²) in [6.45, 7) is 19.9. The molecule has 59 heavy (non-hydrogen) atoms. The molecule has 1 aromatic carbocycles. The Hall–Kier alpha value is -2.92. The predicted octanol–water partition coefficient (Wildman–Crippen LogP) is 10.3. The summed E-state index contributed by atoms with van der Waals surface area (Å²) < 4.78 is 49.7. The largest absolute Gasteiger partial charge is 0.573 e. The number of carbonyl (C=O) groups excluding carboxylic acids is 2. The van der Waals surface area contributed by atoms with Gasteiger partial charge in [0.2, 0.25) is 0 Å². The number of ether oxygens (including phenoxy) is 2. The molecule has 4 fully saturated rings. The molecule has 4 saturated carbocycles. The molecule has 0 saturated heterocycles. The summed E-state index contributed by atoms with van der Waals surface area (Å²) in [6.07, 6.45) is 4.32. The van der Waals surface area contributed by atoms with Crippen LogP contribution in [0.25, 0.3) is 0 Å². The first kappa shape index (κ1) is 45.6. The van der Waals surface area contributed by atoms with Gasteiger partial charge in [-0.05, 0) is 156 Å². The van der Waals surface area contributed by atoms with Gasteiger partial charge in [-0.3, -0.25) is 19.3 Å². The van der Waals surface area contributed by atoms with Crippen LogP contribution in [-0.2, 0) is 25.7 Å². The molecule has 0 heterocycles. The number of Topliss-reactive ketones (excluding diaryl/α,β-unsaturated/α-hetero) is 1. The highest BCUT2D eigenvalue weighted by Crippen LogP contribution is 2.73. The number of nitrogens with zero attached hydrogens (tertiary/aromatic N) is 2. The summed E-state index contributed by atoms with van der Waals surface area (Å²) in [4.78, 5) is 43.6. The van der Waals surface area contributed by atoms with Gasteiger partial charge in [0, 0.05) is 36.9 Å². The van der Waals surface area contributed by atoms with E-state index in [9.17, 15) is 32.7 Å². The quantitative estimate of drug-likeness (QED) is 0.185. The number of carboxylic acid groups (broad SMARTS) is 1. The molecule has 0 aliphatic heterocycles. The van der Waals surface area contributed by atoms with Crippen molar-refractivity contribution in [3.05, 3.63) is 41.0 Å². The van der Waals surface area contributed by atoms with Crippen molar-refractivity contribution in [2.75, 3.05) is 33.7 Å². The highest BCUT2D eigenvalue weighted by Gasteiger charge is 2.66. The third-order valence-electron chi connectivity index (χ3n) is 16.4. The Morgan fingerprint density at radius 3 is 2.25 bits per heavy atom. The van der Waals surface area contributed by atoms with Gasteiger partial charge in [0.25, 0.3) is 0 Å². The van der Waals surface area contributed by atoms with Crippen LogP contribution >= 0.6 is 0 Å². The molecule has 1 aromatic rings. The molecule has 8 unspecified atom stereocenters. The van der Waals surface area contributed by atoms with Crippen LogP contribution in [0.4, 0.5) is 13.2 Å². The number of carbonyl (C=O) groups is 3. The van der Waals surface area contributed by atoms with Crippen LogP contribution in [0.2, 0.25) is 0 Å². The summed E-state index contributed by atoms with van der Waals surface area (Å²) in [7, 11) is 4.05. The summed E-state index contributed by atoms with van der Waals surface area (Å²) in [5.74, 6) is 0.476. The van der Waals surface area contributed by atoms with E-state index in [2.05, 4.69) is 56.1 Å². The minimum Gasteiger partial charge on any atom is -0.481 e. The number of alkyl halides is 3. The highest BCUT2D eigenvalue weighted by molar-refractivity contribution is 6.00. The fourth-order valence-electron chi connectivity index (χ4n) is 13.6. The highest BCUT2D eigenvalue weighted by atomic mass is 19.4. The van der Waals surface area contributed by atoms with Gasteiger partial charge in [-0.15, -0.1) is 13.2 Å². The Labute approximate surface area is 351 Å². The van der Waals surface area contributed by atoms with Crippen LogP contribution in [0.5, 0.6) is 5.75 Å². The fourth-order valence-corrected chi connectivity index (χ4v) is 13.6. The average Bonchev–Trinajstić information content (AvgIpc) is 3.42. The van der Waals surface area contributed by atoms with Gasteiger partial charge in [-0.2, -0.15) is 0 Å². The van der Waals surface area contributed by atoms with Crippen molar-refractivity contribution in [2.45, 2.75) is 145 Å². The van der Waals surface area contributed by atoms with Crippen molar-refractivity contribution in [2.24, 2.45) is 56.7 Å². The van der Waals surface area contributed by atoms with E-state index in [1.165, 1.54) is 17.7 Å².